The van der Waals surface area contributed by atoms with E-state index in [1.807, 2.05) is 12.1 Å². The third-order valence-electron chi connectivity index (χ3n) is 18.3. The van der Waals surface area contributed by atoms with Gasteiger partial charge in [0.2, 0.25) is 0 Å². The van der Waals surface area contributed by atoms with E-state index in [1.54, 1.807) is 0 Å². The highest BCUT2D eigenvalue weighted by Crippen LogP contribution is 2.66. The molecule has 4 nitrogen and oxygen atoms in total. The van der Waals surface area contributed by atoms with Crippen LogP contribution in [0, 0.1) is 0 Å². The topological polar surface area (TPSA) is 32.8 Å². The first-order valence-corrected chi connectivity index (χ1v) is 29.2. The Kier molecular flexibility index (Phi) is 10.3. The second-order valence-electron chi connectivity index (χ2n) is 22.6. The van der Waals surface area contributed by atoms with Crippen molar-refractivity contribution in [3.05, 3.63) is 326 Å². The molecular formula is C81H50N2O2. The van der Waals surface area contributed by atoms with E-state index >= 15 is 0 Å². The Labute approximate surface area is 490 Å². The molecule has 16 aromatic rings. The number of hydrogen-bond donors (Lipinski definition) is 0. The summed E-state index contributed by atoms with van der Waals surface area (Å²) in [6.45, 7) is 0. The molecule has 0 amide bonds. The number of fused-ring (bicyclic) bond motifs is 20. The van der Waals surface area contributed by atoms with Gasteiger partial charge in [-0.25, -0.2) is 0 Å². The van der Waals surface area contributed by atoms with Gasteiger partial charge in [-0.2, -0.15) is 0 Å². The van der Waals surface area contributed by atoms with Gasteiger partial charge in [0.15, 0.2) is 11.2 Å². The molecule has 0 N–H and O–H groups in total. The number of anilines is 6. The molecule has 2 aliphatic rings. The Morgan fingerprint density at radius 1 is 0.235 bits per heavy atom. The molecule has 0 fully saturated rings. The van der Waals surface area contributed by atoms with Gasteiger partial charge in [-0.05, 0) is 173 Å². The van der Waals surface area contributed by atoms with E-state index in [4.69, 9.17) is 8.83 Å². The molecule has 4 heteroatoms. The van der Waals surface area contributed by atoms with Gasteiger partial charge in [0.05, 0.1) is 16.8 Å². The molecule has 0 unspecified atom stereocenters. The number of para-hydroxylation sites is 6. The lowest BCUT2D eigenvalue weighted by atomic mass is 9.69. The standard InChI is InChI=1S/C81H50N2O2/c1-3-21-53(22-4-1)82(73-37-19-33-65-61-29-13-17-39-75(61)84-79(65)73)55-45-41-51(42-46-55)67-49-71-77(63-31-9-7-25-57(63)67)78-64-32-10-8-26-58(64)68(50-72(78)81(71)69-35-15-11-27-59(69)60-28-12-16-36-70(60)81)52-43-47-56(48-44-52)83(54-23-5-2-6-24-54)74-38-20-34-66-62-30-14-18-40-76(62)85-80(66)74/h1-50H. The summed E-state index contributed by atoms with van der Waals surface area (Å²) in [7, 11) is 0. The van der Waals surface area contributed by atoms with Crippen LogP contribution in [-0.2, 0) is 5.41 Å². The van der Waals surface area contributed by atoms with E-state index < -0.39 is 5.41 Å². The lowest BCUT2D eigenvalue weighted by Gasteiger charge is -2.31. The summed E-state index contributed by atoms with van der Waals surface area (Å²) < 4.78 is 13.4. The van der Waals surface area contributed by atoms with E-state index in [0.29, 0.717) is 0 Å². The van der Waals surface area contributed by atoms with Crippen LogP contribution in [0.4, 0.5) is 34.1 Å². The minimum atomic E-state index is -0.639. The SMILES string of the molecule is c1ccc(N(c2ccc(-c3cc4c(c5ccccc35)-c3c(cc(-c5ccc(N(c6ccccc6)c6cccc7c6oc6ccccc67)cc5)c5ccccc35)C43c4ccccc4-c4ccccc43)cc2)c2cccc3c2oc2ccccc23)cc1. The molecule has 2 aromatic heterocycles. The first kappa shape index (κ1) is 47.4. The summed E-state index contributed by atoms with van der Waals surface area (Å²) in [5.41, 5.74) is 24.0. The van der Waals surface area contributed by atoms with Gasteiger partial charge in [-0.15, -0.1) is 0 Å². The van der Waals surface area contributed by atoms with Crippen molar-refractivity contribution >= 4 is 99.5 Å². The molecule has 396 valence electrons. The molecule has 0 bridgehead atoms. The van der Waals surface area contributed by atoms with Crippen molar-refractivity contribution in [3.63, 3.8) is 0 Å². The first-order chi connectivity index (χ1) is 42.2. The molecule has 18 rings (SSSR count). The normalized spacial score (nSPS) is 12.8. The number of rotatable bonds is 8. The summed E-state index contributed by atoms with van der Waals surface area (Å²) >= 11 is 0. The Bertz CT molecular complexity index is 5030. The molecular weight excluding hydrogens is 1030 g/mol. The number of benzene rings is 14. The Morgan fingerprint density at radius 3 is 1.01 bits per heavy atom. The molecule has 0 atom stereocenters. The van der Waals surface area contributed by atoms with Crippen molar-refractivity contribution in [2.45, 2.75) is 5.41 Å². The summed E-state index contributed by atoms with van der Waals surface area (Å²) in [6, 6.07) is 111. The minimum Gasteiger partial charge on any atom is -0.454 e. The van der Waals surface area contributed by atoms with Gasteiger partial charge in [0.25, 0.3) is 0 Å². The van der Waals surface area contributed by atoms with Gasteiger partial charge in [0.1, 0.15) is 11.2 Å². The second kappa shape index (κ2) is 18.4. The van der Waals surface area contributed by atoms with E-state index in [2.05, 4.69) is 301 Å². The van der Waals surface area contributed by atoms with Crippen molar-refractivity contribution in [1.29, 1.82) is 0 Å². The quantitative estimate of drug-likeness (QED) is 0.152. The number of furan rings is 2. The predicted octanol–water partition coefficient (Wildman–Crippen LogP) is 22.4. The van der Waals surface area contributed by atoms with Gasteiger partial charge >= 0.3 is 0 Å². The number of hydrogen-bond acceptors (Lipinski definition) is 4. The van der Waals surface area contributed by atoms with Gasteiger partial charge in [-0.3, -0.25) is 0 Å². The first-order valence-electron chi connectivity index (χ1n) is 29.2. The molecule has 0 saturated heterocycles. The highest BCUT2D eigenvalue weighted by molar-refractivity contribution is 6.19. The molecule has 0 aliphatic heterocycles. The second-order valence-corrected chi connectivity index (χ2v) is 22.6. The molecule has 0 radical (unpaired) electrons. The maximum Gasteiger partial charge on any atom is 0.159 e. The van der Waals surface area contributed by atoms with E-state index in [9.17, 15) is 0 Å². The van der Waals surface area contributed by atoms with Crippen molar-refractivity contribution in [2.75, 3.05) is 9.80 Å². The smallest absolute Gasteiger partial charge is 0.159 e. The van der Waals surface area contributed by atoms with Gasteiger partial charge in [0, 0.05) is 44.3 Å². The highest BCUT2D eigenvalue weighted by atomic mass is 16.3. The third-order valence-corrected chi connectivity index (χ3v) is 18.3. The summed E-state index contributed by atoms with van der Waals surface area (Å²) in [5.74, 6) is 0. The molecule has 2 aliphatic carbocycles. The zero-order valence-corrected chi connectivity index (χ0v) is 46.1. The lowest BCUT2D eigenvalue weighted by Crippen LogP contribution is -2.26. The summed E-state index contributed by atoms with van der Waals surface area (Å²) in [6.07, 6.45) is 0. The third kappa shape index (κ3) is 6.85. The van der Waals surface area contributed by atoms with E-state index in [1.165, 1.54) is 77.2 Å². The fraction of sp³-hybridized carbons (Fsp3) is 0.0123. The van der Waals surface area contributed by atoms with Gasteiger partial charge in [-0.1, -0.05) is 218 Å². The van der Waals surface area contributed by atoms with Crippen molar-refractivity contribution < 1.29 is 8.83 Å². The van der Waals surface area contributed by atoms with Crippen LogP contribution in [0.1, 0.15) is 22.3 Å². The van der Waals surface area contributed by atoms with Crippen LogP contribution >= 0.6 is 0 Å². The average Bonchev–Trinajstić information content (AvgIpc) is 1.53. The molecule has 2 heterocycles. The van der Waals surface area contributed by atoms with Crippen molar-refractivity contribution in [2.24, 2.45) is 0 Å². The van der Waals surface area contributed by atoms with E-state index in [0.717, 1.165) is 89.1 Å². The Hall–Kier alpha value is -11.2. The molecule has 1 spiro atoms. The largest absolute Gasteiger partial charge is 0.454 e. The van der Waals surface area contributed by atoms with Crippen LogP contribution < -0.4 is 9.80 Å². The predicted molar refractivity (Wildman–Crippen MR) is 353 cm³/mol. The van der Waals surface area contributed by atoms with Crippen LogP contribution in [0.3, 0.4) is 0 Å². The number of nitrogens with zero attached hydrogens (tertiary/aromatic N) is 2. The minimum absolute atomic E-state index is 0.639. The maximum atomic E-state index is 6.69. The maximum absolute atomic E-state index is 6.69. The zero-order chi connectivity index (χ0) is 55.7. The fourth-order valence-electron chi connectivity index (χ4n) is 14.7. The van der Waals surface area contributed by atoms with Crippen LogP contribution in [0.15, 0.2) is 312 Å². The van der Waals surface area contributed by atoms with Crippen LogP contribution in [-0.4, -0.2) is 0 Å². The van der Waals surface area contributed by atoms with Crippen molar-refractivity contribution in [1.82, 2.24) is 0 Å². The Morgan fingerprint density at radius 2 is 0.576 bits per heavy atom. The average molecular weight is 1080 g/mol. The van der Waals surface area contributed by atoms with Crippen LogP contribution in [0.5, 0.6) is 0 Å². The Balaban J connectivity index is 0.834. The fourth-order valence-corrected chi connectivity index (χ4v) is 14.7. The molecule has 85 heavy (non-hydrogen) atoms. The lowest BCUT2D eigenvalue weighted by molar-refractivity contribution is 0.668. The molecule has 14 aromatic carbocycles. The monoisotopic (exact) mass is 1080 g/mol. The summed E-state index contributed by atoms with van der Waals surface area (Å²) in [4.78, 5) is 4.65. The van der Waals surface area contributed by atoms with E-state index in [-0.39, 0.29) is 0 Å². The highest BCUT2D eigenvalue weighted by Gasteiger charge is 2.53. The molecule has 0 saturated carbocycles. The van der Waals surface area contributed by atoms with Gasteiger partial charge < -0.3 is 18.6 Å². The van der Waals surface area contributed by atoms with Crippen molar-refractivity contribution in [3.8, 4) is 44.5 Å². The summed E-state index contributed by atoms with van der Waals surface area (Å²) in [5, 5.41) is 9.32. The zero-order valence-electron chi connectivity index (χ0n) is 46.1. The van der Waals surface area contributed by atoms with Crippen LogP contribution in [0.2, 0.25) is 0 Å². The van der Waals surface area contributed by atoms with Crippen LogP contribution in [0.25, 0.3) is 110 Å².